The average molecular weight is 291 g/mol. The molecule has 0 aromatic rings. The molecule has 0 heterocycles. The second-order valence-corrected chi connectivity index (χ2v) is 4.76. The number of urea groups is 1. The third kappa shape index (κ3) is 9.18. The highest BCUT2D eigenvalue weighted by Gasteiger charge is 2.18. The zero-order valence-electron chi connectivity index (χ0n) is 11.2. The van der Waals surface area contributed by atoms with Gasteiger partial charge in [0.25, 0.3) is 0 Å². The van der Waals surface area contributed by atoms with Gasteiger partial charge in [-0.1, -0.05) is 0 Å². The fourth-order valence-electron chi connectivity index (χ4n) is 1.28. The van der Waals surface area contributed by atoms with E-state index >= 15 is 0 Å². The molecule has 0 aromatic carbocycles. The molecule has 0 rings (SSSR count). The SMILES string of the molecule is CCNC(=O)CCNC(=O)N[C@H](CCSC)C(=O)O. The number of rotatable bonds is 9. The third-order valence-electron chi connectivity index (χ3n) is 2.23. The Morgan fingerprint density at radius 1 is 1.26 bits per heavy atom. The Morgan fingerprint density at radius 3 is 2.47 bits per heavy atom. The smallest absolute Gasteiger partial charge is 0.326 e. The Hall–Kier alpha value is -1.44. The highest BCUT2D eigenvalue weighted by Crippen LogP contribution is 2.00. The molecule has 0 aliphatic carbocycles. The molecule has 4 N–H and O–H groups in total. The minimum atomic E-state index is -1.06. The Morgan fingerprint density at radius 2 is 1.95 bits per heavy atom. The fraction of sp³-hybridized carbons (Fsp3) is 0.727. The molecule has 0 saturated carbocycles. The van der Waals surface area contributed by atoms with Gasteiger partial charge in [0, 0.05) is 19.5 Å². The number of thioether (sulfide) groups is 1. The van der Waals surface area contributed by atoms with Crippen LogP contribution in [0, 0.1) is 0 Å². The predicted molar refractivity (Wildman–Crippen MR) is 74.3 cm³/mol. The van der Waals surface area contributed by atoms with E-state index in [9.17, 15) is 14.4 Å². The summed E-state index contributed by atoms with van der Waals surface area (Å²) in [6, 6.07) is -1.48. The molecular weight excluding hydrogens is 270 g/mol. The first-order valence-electron chi connectivity index (χ1n) is 6.04. The Kier molecular flexibility index (Phi) is 9.69. The lowest BCUT2D eigenvalue weighted by atomic mass is 10.2. The normalized spacial score (nSPS) is 11.5. The molecule has 0 unspecified atom stereocenters. The molecular formula is C11H21N3O4S. The maximum absolute atomic E-state index is 11.4. The van der Waals surface area contributed by atoms with Crippen molar-refractivity contribution < 1.29 is 19.5 Å². The van der Waals surface area contributed by atoms with E-state index in [2.05, 4.69) is 16.0 Å². The number of hydrogen-bond acceptors (Lipinski definition) is 4. The van der Waals surface area contributed by atoms with Crippen molar-refractivity contribution in [1.82, 2.24) is 16.0 Å². The van der Waals surface area contributed by atoms with Gasteiger partial charge in [-0.2, -0.15) is 11.8 Å². The van der Waals surface area contributed by atoms with Crippen molar-refractivity contribution in [2.24, 2.45) is 0 Å². The third-order valence-corrected chi connectivity index (χ3v) is 2.87. The summed E-state index contributed by atoms with van der Waals surface area (Å²) in [5.41, 5.74) is 0. The van der Waals surface area contributed by atoms with Gasteiger partial charge in [0.15, 0.2) is 0 Å². The van der Waals surface area contributed by atoms with Gasteiger partial charge < -0.3 is 21.1 Å². The van der Waals surface area contributed by atoms with Crippen LogP contribution in [0.3, 0.4) is 0 Å². The Bertz CT molecular complexity index is 312. The number of aliphatic carboxylic acids is 1. The topological polar surface area (TPSA) is 108 Å². The number of amides is 3. The summed E-state index contributed by atoms with van der Waals surface area (Å²) >= 11 is 1.51. The van der Waals surface area contributed by atoms with Crippen LogP contribution in [-0.2, 0) is 9.59 Å². The Labute approximate surface area is 116 Å². The molecule has 0 aromatic heterocycles. The minimum Gasteiger partial charge on any atom is -0.480 e. The van der Waals surface area contributed by atoms with Crippen molar-refractivity contribution in [3.63, 3.8) is 0 Å². The van der Waals surface area contributed by atoms with Crippen LogP contribution in [0.5, 0.6) is 0 Å². The summed E-state index contributed by atoms with van der Waals surface area (Å²) < 4.78 is 0. The highest BCUT2D eigenvalue weighted by molar-refractivity contribution is 7.98. The largest absolute Gasteiger partial charge is 0.480 e. The van der Waals surface area contributed by atoms with Gasteiger partial charge in [0.1, 0.15) is 6.04 Å². The van der Waals surface area contributed by atoms with Crippen LogP contribution in [0.25, 0.3) is 0 Å². The van der Waals surface area contributed by atoms with E-state index in [1.165, 1.54) is 11.8 Å². The van der Waals surface area contributed by atoms with Crippen LogP contribution in [0.1, 0.15) is 19.8 Å². The van der Waals surface area contributed by atoms with E-state index in [1.807, 2.05) is 6.26 Å². The lowest BCUT2D eigenvalue weighted by molar-refractivity contribution is -0.139. The molecule has 8 heteroatoms. The monoisotopic (exact) mass is 291 g/mol. The zero-order valence-corrected chi connectivity index (χ0v) is 12.0. The van der Waals surface area contributed by atoms with Crippen molar-refractivity contribution in [3.8, 4) is 0 Å². The summed E-state index contributed by atoms with van der Waals surface area (Å²) in [6.07, 6.45) is 2.40. The predicted octanol–water partition coefficient (Wildman–Crippen LogP) is 0.0181. The van der Waals surface area contributed by atoms with Crippen LogP contribution in [0.15, 0.2) is 0 Å². The van der Waals surface area contributed by atoms with Crippen LogP contribution in [0.2, 0.25) is 0 Å². The van der Waals surface area contributed by atoms with Gasteiger partial charge in [-0.3, -0.25) is 4.79 Å². The molecule has 0 aliphatic heterocycles. The number of carbonyl (C=O) groups is 3. The van der Waals surface area contributed by atoms with E-state index in [0.29, 0.717) is 18.7 Å². The van der Waals surface area contributed by atoms with Gasteiger partial charge in [0.2, 0.25) is 5.91 Å². The molecule has 0 saturated heterocycles. The highest BCUT2D eigenvalue weighted by atomic mass is 32.2. The van der Waals surface area contributed by atoms with Gasteiger partial charge in [0.05, 0.1) is 0 Å². The number of carbonyl (C=O) groups excluding carboxylic acids is 2. The van der Waals surface area contributed by atoms with Gasteiger partial charge >= 0.3 is 12.0 Å². The zero-order chi connectivity index (χ0) is 14.7. The average Bonchev–Trinajstić information content (AvgIpc) is 2.34. The van der Waals surface area contributed by atoms with Gasteiger partial charge in [-0.15, -0.1) is 0 Å². The minimum absolute atomic E-state index is 0.153. The second kappa shape index (κ2) is 10.5. The second-order valence-electron chi connectivity index (χ2n) is 3.78. The van der Waals surface area contributed by atoms with Crippen molar-refractivity contribution in [1.29, 1.82) is 0 Å². The standard InChI is InChI=1S/C11H21N3O4S/c1-3-12-9(15)4-6-13-11(18)14-8(10(16)17)5-7-19-2/h8H,3-7H2,1-2H3,(H,12,15)(H,16,17)(H2,13,14,18)/t8-/m1/s1. The summed E-state index contributed by atoms with van der Waals surface area (Å²) in [6.45, 7) is 2.52. The van der Waals surface area contributed by atoms with Crippen molar-refractivity contribution in [2.75, 3.05) is 25.1 Å². The van der Waals surface area contributed by atoms with Gasteiger partial charge in [-0.05, 0) is 25.4 Å². The molecule has 1 atom stereocenters. The molecule has 0 bridgehead atoms. The number of carboxylic acid groups (broad SMARTS) is 1. The van der Waals surface area contributed by atoms with E-state index in [0.717, 1.165) is 0 Å². The molecule has 110 valence electrons. The number of nitrogens with one attached hydrogen (secondary N) is 3. The van der Waals surface area contributed by atoms with E-state index in [4.69, 9.17) is 5.11 Å². The first-order valence-corrected chi connectivity index (χ1v) is 7.43. The van der Waals surface area contributed by atoms with Crippen molar-refractivity contribution >= 4 is 29.7 Å². The van der Waals surface area contributed by atoms with Crippen molar-refractivity contribution in [3.05, 3.63) is 0 Å². The lowest BCUT2D eigenvalue weighted by Gasteiger charge is -2.14. The molecule has 7 nitrogen and oxygen atoms in total. The van der Waals surface area contributed by atoms with Crippen LogP contribution in [-0.4, -0.2) is 54.2 Å². The summed E-state index contributed by atoms with van der Waals surface area (Å²) in [5.74, 6) is -0.566. The van der Waals surface area contributed by atoms with Crippen LogP contribution >= 0.6 is 11.8 Å². The van der Waals surface area contributed by atoms with Crippen molar-refractivity contribution in [2.45, 2.75) is 25.8 Å². The fourth-order valence-corrected chi connectivity index (χ4v) is 1.75. The summed E-state index contributed by atoms with van der Waals surface area (Å²) in [7, 11) is 0. The van der Waals surface area contributed by atoms with E-state index in [-0.39, 0.29) is 18.9 Å². The lowest BCUT2D eigenvalue weighted by Crippen LogP contribution is -2.46. The molecule has 19 heavy (non-hydrogen) atoms. The molecule has 0 aliphatic rings. The summed E-state index contributed by atoms with van der Waals surface area (Å²) in [5, 5.41) is 16.3. The Balaban J connectivity index is 3.93. The molecule has 0 radical (unpaired) electrons. The first kappa shape index (κ1) is 17.6. The van der Waals surface area contributed by atoms with Crippen LogP contribution in [0.4, 0.5) is 4.79 Å². The molecule has 3 amide bonds. The van der Waals surface area contributed by atoms with E-state index in [1.54, 1.807) is 6.92 Å². The first-order chi connectivity index (χ1) is 9.01. The number of hydrogen-bond donors (Lipinski definition) is 4. The molecule has 0 spiro atoms. The van der Waals surface area contributed by atoms with Gasteiger partial charge in [-0.25, -0.2) is 9.59 Å². The van der Waals surface area contributed by atoms with Crippen LogP contribution < -0.4 is 16.0 Å². The van der Waals surface area contributed by atoms with E-state index < -0.39 is 18.0 Å². The number of carboxylic acids is 1. The maximum atomic E-state index is 11.4. The maximum Gasteiger partial charge on any atom is 0.326 e. The summed E-state index contributed by atoms with van der Waals surface area (Å²) in [4.78, 5) is 33.4. The quantitative estimate of drug-likeness (QED) is 0.479. The molecule has 0 fully saturated rings.